The normalized spacial score (nSPS) is 24.5. The molecule has 0 radical (unpaired) electrons. The molecule has 90 valence electrons. The highest BCUT2D eigenvalue weighted by atomic mass is 32.1. The van der Waals surface area contributed by atoms with Crippen molar-refractivity contribution in [3.8, 4) is 0 Å². The zero-order chi connectivity index (χ0) is 11.4. The minimum atomic E-state index is 0.376. The summed E-state index contributed by atoms with van der Waals surface area (Å²) in [7, 11) is 2.24. The average molecular weight is 239 g/mol. The molecule has 0 aliphatic carbocycles. The molecule has 0 spiro atoms. The van der Waals surface area contributed by atoms with Gasteiger partial charge in [-0.25, -0.2) is 4.98 Å². The van der Waals surface area contributed by atoms with Crippen molar-refractivity contribution < 1.29 is 0 Å². The fourth-order valence-electron chi connectivity index (χ4n) is 2.26. The molecule has 1 aromatic rings. The van der Waals surface area contributed by atoms with Gasteiger partial charge in [-0.2, -0.15) is 0 Å². The van der Waals surface area contributed by atoms with Crippen molar-refractivity contribution in [3.63, 3.8) is 0 Å². The molecule has 1 saturated heterocycles. The Kier molecular flexibility index (Phi) is 4.32. The molecule has 2 atom stereocenters. The van der Waals surface area contributed by atoms with Gasteiger partial charge < -0.3 is 10.2 Å². The SMILES string of the molecule is CC(NCC1CCCCN1C)c1cscn1. The quantitative estimate of drug-likeness (QED) is 0.873. The number of thiazole rings is 1. The summed E-state index contributed by atoms with van der Waals surface area (Å²) in [6.07, 6.45) is 4.06. The van der Waals surface area contributed by atoms with Gasteiger partial charge in [0.15, 0.2) is 0 Å². The van der Waals surface area contributed by atoms with Crippen LogP contribution in [0.1, 0.15) is 37.9 Å². The van der Waals surface area contributed by atoms with Crippen molar-refractivity contribution in [1.82, 2.24) is 15.2 Å². The van der Waals surface area contributed by atoms with Crippen molar-refractivity contribution >= 4 is 11.3 Å². The molecule has 0 bridgehead atoms. The second-order valence-electron chi connectivity index (χ2n) is 4.67. The molecular formula is C12H21N3S. The predicted molar refractivity (Wildman–Crippen MR) is 68.8 cm³/mol. The number of hydrogen-bond donors (Lipinski definition) is 1. The van der Waals surface area contributed by atoms with Crippen LogP contribution in [0.25, 0.3) is 0 Å². The molecule has 1 aliphatic heterocycles. The van der Waals surface area contributed by atoms with Gasteiger partial charge in [0.2, 0.25) is 0 Å². The molecule has 0 aromatic carbocycles. The monoisotopic (exact) mass is 239 g/mol. The fourth-order valence-corrected chi connectivity index (χ4v) is 2.90. The lowest BCUT2D eigenvalue weighted by atomic mass is 10.0. The lowest BCUT2D eigenvalue weighted by Crippen LogP contribution is -2.43. The minimum absolute atomic E-state index is 0.376. The summed E-state index contributed by atoms with van der Waals surface area (Å²) < 4.78 is 0. The molecule has 2 heterocycles. The van der Waals surface area contributed by atoms with Gasteiger partial charge in [0, 0.05) is 24.0 Å². The van der Waals surface area contributed by atoms with Crippen molar-refractivity contribution in [2.75, 3.05) is 20.1 Å². The van der Waals surface area contributed by atoms with Crippen LogP contribution >= 0.6 is 11.3 Å². The van der Waals surface area contributed by atoms with Crippen molar-refractivity contribution in [2.45, 2.75) is 38.3 Å². The Morgan fingerprint density at radius 2 is 2.50 bits per heavy atom. The lowest BCUT2D eigenvalue weighted by Gasteiger charge is -2.33. The van der Waals surface area contributed by atoms with E-state index in [0.29, 0.717) is 12.1 Å². The third-order valence-electron chi connectivity index (χ3n) is 3.48. The zero-order valence-electron chi connectivity index (χ0n) is 10.1. The Morgan fingerprint density at radius 1 is 1.62 bits per heavy atom. The molecule has 2 unspecified atom stereocenters. The van der Waals surface area contributed by atoms with Crippen LogP contribution in [-0.2, 0) is 0 Å². The maximum absolute atomic E-state index is 4.34. The summed E-state index contributed by atoms with van der Waals surface area (Å²) in [5.74, 6) is 0. The minimum Gasteiger partial charge on any atom is -0.307 e. The number of hydrogen-bond acceptors (Lipinski definition) is 4. The van der Waals surface area contributed by atoms with Crippen molar-refractivity contribution in [2.24, 2.45) is 0 Å². The van der Waals surface area contributed by atoms with Gasteiger partial charge in [-0.15, -0.1) is 11.3 Å². The number of piperidine rings is 1. The Morgan fingerprint density at radius 3 is 3.19 bits per heavy atom. The molecule has 1 N–H and O–H groups in total. The first-order valence-corrected chi connectivity index (χ1v) is 7.03. The van der Waals surface area contributed by atoms with E-state index in [1.54, 1.807) is 11.3 Å². The molecule has 1 fully saturated rings. The van der Waals surface area contributed by atoms with E-state index in [1.165, 1.54) is 31.5 Å². The van der Waals surface area contributed by atoms with Gasteiger partial charge in [0.05, 0.1) is 11.2 Å². The summed E-state index contributed by atoms with van der Waals surface area (Å²) in [5.41, 5.74) is 3.07. The number of nitrogens with one attached hydrogen (secondary N) is 1. The van der Waals surface area contributed by atoms with E-state index in [4.69, 9.17) is 0 Å². The third kappa shape index (κ3) is 3.03. The maximum atomic E-state index is 4.34. The van der Waals surface area contributed by atoms with E-state index in [2.05, 4.69) is 34.6 Å². The van der Waals surface area contributed by atoms with E-state index in [-0.39, 0.29) is 0 Å². The Hall–Kier alpha value is -0.450. The summed E-state index contributed by atoms with van der Waals surface area (Å²) >= 11 is 1.67. The highest BCUT2D eigenvalue weighted by Crippen LogP contribution is 2.16. The number of likely N-dealkylation sites (N-methyl/N-ethyl adjacent to an activating group) is 1. The number of rotatable bonds is 4. The Labute approximate surface area is 102 Å². The highest BCUT2D eigenvalue weighted by Gasteiger charge is 2.19. The molecule has 0 amide bonds. The zero-order valence-corrected chi connectivity index (χ0v) is 11.0. The van der Waals surface area contributed by atoms with Gasteiger partial charge in [-0.1, -0.05) is 6.42 Å². The van der Waals surface area contributed by atoms with Gasteiger partial charge in [0.1, 0.15) is 0 Å². The van der Waals surface area contributed by atoms with Gasteiger partial charge >= 0.3 is 0 Å². The van der Waals surface area contributed by atoms with Crippen LogP contribution in [0.4, 0.5) is 0 Å². The first-order chi connectivity index (χ1) is 7.77. The van der Waals surface area contributed by atoms with Crippen LogP contribution in [0.2, 0.25) is 0 Å². The van der Waals surface area contributed by atoms with Crippen molar-refractivity contribution in [3.05, 3.63) is 16.6 Å². The van der Waals surface area contributed by atoms with Crippen molar-refractivity contribution in [1.29, 1.82) is 0 Å². The fraction of sp³-hybridized carbons (Fsp3) is 0.750. The molecule has 0 saturated carbocycles. The average Bonchev–Trinajstić information content (AvgIpc) is 2.81. The molecule has 16 heavy (non-hydrogen) atoms. The van der Waals surface area contributed by atoms with Gasteiger partial charge in [-0.3, -0.25) is 0 Å². The van der Waals surface area contributed by atoms with E-state index in [0.717, 1.165) is 6.54 Å². The Bertz CT molecular complexity index is 299. The standard InChI is InChI=1S/C12H21N3S/c1-10(12-8-16-9-14-12)13-7-11-5-3-4-6-15(11)2/h8-11,13H,3-7H2,1-2H3. The largest absolute Gasteiger partial charge is 0.307 e. The van der Waals surface area contributed by atoms with E-state index < -0.39 is 0 Å². The number of aromatic nitrogens is 1. The molecular weight excluding hydrogens is 218 g/mol. The second-order valence-corrected chi connectivity index (χ2v) is 5.39. The number of likely N-dealkylation sites (tertiary alicyclic amines) is 1. The Balaban J connectivity index is 1.78. The van der Waals surface area contributed by atoms with Gasteiger partial charge in [0.25, 0.3) is 0 Å². The first-order valence-electron chi connectivity index (χ1n) is 6.09. The summed E-state index contributed by atoms with van der Waals surface area (Å²) in [5, 5.41) is 5.71. The van der Waals surface area contributed by atoms with E-state index in [1.807, 2.05) is 5.51 Å². The van der Waals surface area contributed by atoms with Crippen LogP contribution in [0.15, 0.2) is 10.9 Å². The summed E-state index contributed by atoms with van der Waals surface area (Å²) in [6.45, 7) is 4.52. The maximum Gasteiger partial charge on any atom is 0.0795 e. The van der Waals surface area contributed by atoms with Crippen LogP contribution in [0.5, 0.6) is 0 Å². The summed E-state index contributed by atoms with van der Waals surface area (Å²) in [4.78, 5) is 6.82. The highest BCUT2D eigenvalue weighted by molar-refractivity contribution is 7.07. The molecule has 4 heteroatoms. The molecule has 1 aromatic heterocycles. The van der Waals surface area contributed by atoms with Crippen LogP contribution in [0.3, 0.4) is 0 Å². The molecule has 1 aliphatic rings. The first kappa shape index (κ1) is 12.0. The molecule has 3 nitrogen and oxygen atoms in total. The summed E-state index contributed by atoms with van der Waals surface area (Å²) in [6, 6.07) is 1.08. The topological polar surface area (TPSA) is 28.2 Å². The van der Waals surface area contributed by atoms with E-state index in [9.17, 15) is 0 Å². The van der Waals surface area contributed by atoms with Crippen LogP contribution in [0, 0.1) is 0 Å². The van der Waals surface area contributed by atoms with E-state index >= 15 is 0 Å². The second kappa shape index (κ2) is 5.75. The molecule has 2 rings (SSSR count). The van der Waals surface area contributed by atoms with Crippen LogP contribution < -0.4 is 5.32 Å². The smallest absolute Gasteiger partial charge is 0.0795 e. The van der Waals surface area contributed by atoms with Gasteiger partial charge in [-0.05, 0) is 33.4 Å². The third-order valence-corrected chi connectivity index (χ3v) is 4.08. The lowest BCUT2D eigenvalue weighted by molar-refractivity contribution is 0.178. The number of nitrogens with zero attached hydrogens (tertiary/aromatic N) is 2. The van der Waals surface area contributed by atoms with Crippen LogP contribution in [-0.4, -0.2) is 36.1 Å². The predicted octanol–water partition coefficient (Wildman–Crippen LogP) is 2.28.